The zero-order chi connectivity index (χ0) is 13.8. The summed E-state index contributed by atoms with van der Waals surface area (Å²) in [5.41, 5.74) is 0. The van der Waals surface area contributed by atoms with Crippen molar-refractivity contribution >= 4 is 5.91 Å². The Morgan fingerprint density at radius 2 is 1.65 bits per heavy atom. The molecule has 3 aliphatic heterocycles. The number of carbonyl (C=O) groups is 1. The first-order valence-electron chi connectivity index (χ1n) is 8.32. The number of hydrogen-bond acceptors (Lipinski definition) is 4. The van der Waals surface area contributed by atoms with Gasteiger partial charge in [-0.05, 0) is 58.3 Å². The minimum Gasteiger partial charge on any atom is -0.340 e. The van der Waals surface area contributed by atoms with Crippen LogP contribution in [0.3, 0.4) is 0 Å². The maximum absolute atomic E-state index is 12.8. The van der Waals surface area contributed by atoms with Crippen molar-refractivity contribution in [1.82, 2.24) is 20.4 Å². The van der Waals surface area contributed by atoms with Crippen LogP contribution < -0.4 is 10.6 Å². The number of likely N-dealkylation sites (tertiary alicyclic amines) is 1. The highest BCUT2D eigenvalue weighted by molar-refractivity contribution is 5.82. The summed E-state index contributed by atoms with van der Waals surface area (Å²) in [6, 6.07) is 0.786. The first-order chi connectivity index (χ1) is 9.86. The molecule has 114 valence electrons. The van der Waals surface area contributed by atoms with Gasteiger partial charge < -0.3 is 15.5 Å². The van der Waals surface area contributed by atoms with Crippen LogP contribution in [-0.2, 0) is 4.79 Å². The molecule has 0 radical (unpaired) electrons. The van der Waals surface area contributed by atoms with Crippen LogP contribution >= 0.6 is 0 Å². The van der Waals surface area contributed by atoms with Gasteiger partial charge in [-0.2, -0.15) is 0 Å². The van der Waals surface area contributed by atoms with E-state index in [4.69, 9.17) is 0 Å². The standard InChI is InChI=1S/C15H28N4O/c20-15(18-10-2-6-16-9-12-18)14-3-1-11-19(14)13-4-7-17-8-5-13/h13-14,16-17H,1-12H2. The third kappa shape index (κ3) is 3.15. The maximum Gasteiger partial charge on any atom is 0.239 e. The summed E-state index contributed by atoms with van der Waals surface area (Å²) in [7, 11) is 0. The number of nitrogens with one attached hydrogen (secondary N) is 2. The van der Waals surface area contributed by atoms with Crippen LogP contribution in [0.15, 0.2) is 0 Å². The van der Waals surface area contributed by atoms with Crippen molar-refractivity contribution in [2.45, 2.75) is 44.2 Å². The quantitative estimate of drug-likeness (QED) is 0.749. The fraction of sp³-hybridized carbons (Fsp3) is 0.933. The van der Waals surface area contributed by atoms with E-state index in [-0.39, 0.29) is 6.04 Å². The first-order valence-corrected chi connectivity index (χ1v) is 8.32. The minimum atomic E-state index is 0.163. The summed E-state index contributed by atoms with van der Waals surface area (Å²) in [5, 5.41) is 6.81. The van der Waals surface area contributed by atoms with Gasteiger partial charge in [0.1, 0.15) is 0 Å². The highest BCUT2D eigenvalue weighted by Gasteiger charge is 2.37. The number of amides is 1. The third-order valence-corrected chi connectivity index (χ3v) is 5.01. The van der Waals surface area contributed by atoms with Crippen LogP contribution in [0.1, 0.15) is 32.1 Å². The van der Waals surface area contributed by atoms with Crippen molar-refractivity contribution < 1.29 is 4.79 Å². The van der Waals surface area contributed by atoms with Gasteiger partial charge in [-0.3, -0.25) is 9.69 Å². The van der Waals surface area contributed by atoms with E-state index in [2.05, 4.69) is 20.4 Å². The molecular weight excluding hydrogens is 252 g/mol. The average Bonchev–Trinajstić information content (AvgIpc) is 2.82. The summed E-state index contributed by atoms with van der Waals surface area (Å²) in [4.78, 5) is 17.5. The Hall–Kier alpha value is -0.650. The van der Waals surface area contributed by atoms with Gasteiger partial charge in [0.2, 0.25) is 5.91 Å². The summed E-state index contributed by atoms with van der Waals surface area (Å²) in [6.45, 7) is 7.15. The SMILES string of the molecule is O=C(C1CCCN1C1CCNCC1)N1CCCNCC1. The molecule has 0 aliphatic carbocycles. The molecule has 0 bridgehead atoms. The molecule has 3 fully saturated rings. The number of piperidine rings is 1. The van der Waals surface area contributed by atoms with Crippen LogP contribution in [0, 0.1) is 0 Å². The van der Waals surface area contributed by atoms with E-state index in [9.17, 15) is 4.79 Å². The fourth-order valence-electron chi connectivity index (χ4n) is 3.91. The zero-order valence-corrected chi connectivity index (χ0v) is 12.4. The summed E-state index contributed by atoms with van der Waals surface area (Å²) in [5.74, 6) is 0.393. The van der Waals surface area contributed by atoms with Gasteiger partial charge in [-0.25, -0.2) is 0 Å². The highest BCUT2D eigenvalue weighted by atomic mass is 16.2. The van der Waals surface area contributed by atoms with Crippen LogP contribution in [0.25, 0.3) is 0 Å². The van der Waals surface area contributed by atoms with Crippen LogP contribution in [0.2, 0.25) is 0 Å². The van der Waals surface area contributed by atoms with E-state index < -0.39 is 0 Å². The third-order valence-electron chi connectivity index (χ3n) is 5.01. The molecule has 2 N–H and O–H groups in total. The van der Waals surface area contributed by atoms with E-state index >= 15 is 0 Å². The van der Waals surface area contributed by atoms with Crippen molar-refractivity contribution in [2.24, 2.45) is 0 Å². The lowest BCUT2D eigenvalue weighted by atomic mass is 10.0. The zero-order valence-electron chi connectivity index (χ0n) is 12.4. The van der Waals surface area contributed by atoms with Gasteiger partial charge in [0.15, 0.2) is 0 Å². The highest BCUT2D eigenvalue weighted by Crippen LogP contribution is 2.25. The molecule has 0 spiro atoms. The van der Waals surface area contributed by atoms with Crippen LogP contribution in [0.4, 0.5) is 0 Å². The van der Waals surface area contributed by atoms with Gasteiger partial charge in [0, 0.05) is 25.7 Å². The smallest absolute Gasteiger partial charge is 0.239 e. The summed E-state index contributed by atoms with van der Waals surface area (Å²) >= 11 is 0. The Balaban J connectivity index is 1.62. The van der Waals surface area contributed by atoms with E-state index in [1.54, 1.807) is 0 Å². The molecule has 1 amide bonds. The molecule has 0 aromatic carbocycles. The van der Waals surface area contributed by atoms with Gasteiger partial charge in [-0.15, -0.1) is 0 Å². The Morgan fingerprint density at radius 3 is 2.50 bits per heavy atom. The van der Waals surface area contributed by atoms with Gasteiger partial charge >= 0.3 is 0 Å². The topological polar surface area (TPSA) is 47.6 Å². The molecule has 3 aliphatic rings. The molecule has 0 aromatic heterocycles. The van der Waals surface area contributed by atoms with Crippen LogP contribution in [0.5, 0.6) is 0 Å². The number of hydrogen-bond donors (Lipinski definition) is 2. The van der Waals surface area contributed by atoms with Crippen LogP contribution in [-0.4, -0.2) is 73.6 Å². The lowest BCUT2D eigenvalue weighted by molar-refractivity contribution is -0.136. The predicted octanol–water partition coefficient (Wildman–Crippen LogP) is 0.0247. The van der Waals surface area contributed by atoms with Gasteiger partial charge in [0.25, 0.3) is 0 Å². The van der Waals surface area contributed by atoms with E-state index in [1.807, 2.05) is 0 Å². The number of carbonyl (C=O) groups excluding carboxylic acids is 1. The second-order valence-electron chi connectivity index (χ2n) is 6.31. The van der Waals surface area contributed by atoms with Crippen molar-refractivity contribution in [1.29, 1.82) is 0 Å². The van der Waals surface area contributed by atoms with E-state index in [1.165, 1.54) is 19.3 Å². The Bertz CT molecular complexity index is 322. The number of nitrogens with zero attached hydrogens (tertiary/aromatic N) is 2. The van der Waals surface area contributed by atoms with Gasteiger partial charge in [-0.1, -0.05) is 0 Å². The van der Waals surface area contributed by atoms with Crippen molar-refractivity contribution in [3.8, 4) is 0 Å². The molecule has 3 saturated heterocycles. The second-order valence-corrected chi connectivity index (χ2v) is 6.31. The normalized spacial score (nSPS) is 30.4. The second kappa shape index (κ2) is 6.87. The summed E-state index contributed by atoms with van der Waals surface area (Å²) < 4.78 is 0. The fourth-order valence-corrected chi connectivity index (χ4v) is 3.91. The average molecular weight is 280 g/mol. The molecule has 20 heavy (non-hydrogen) atoms. The maximum atomic E-state index is 12.8. The molecule has 5 nitrogen and oxygen atoms in total. The molecule has 3 heterocycles. The largest absolute Gasteiger partial charge is 0.340 e. The monoisotopic (exact) mass is 280 g/mol. The lowest BCUT2D eigenvalue weighted by Gasteiger charge is -2.37. The molecule has 5 heteroatoms. The Labute approximate surface area is 122 Å². The molecule has 3 rings (SSSR count). The predicted molar refractivity (Wildman–Crippen MR) is 79.7 cm³/mol. The van der Waals surface area contributed by atoms with Gasteiger partial charge in [0.05, 0.1) is 6.04 Å². The van der Waals surface area contributed by atoms with E-state index in [0.29, 0.717) is 11.9 Å². The first kappa shape index (κ1) is 14.3. The molecule has 1 atom stereocenters. The summed E-state index contributed by atoms with van der Waals surface area (Å²) in [6.07, 6.45) is 5.74. The Morgan fingerprint density at radius 1 is 0.850 bits per heavy atom. The lowest BCUT2D eigenvalue weighted by Crippen LogP contribution is -2.52. The van der Waals surface area contributed by atoms with E-state index in [0.717, 1.165) is 58.7 Å². The molecular formula is C15H28N4O. The molecule has 0 aromatic rings. The Kier molecular flexibility index (Phi) is 4.91. The minimum absolute atomic E-state index is 0.163. The number of rotatable bonds is 2. The van der Waals surface area contributed by atoms with Crippen molar-refractivity contribution in [3.05, 3.63) is 0 Å². The molecule has 0 saturated carbocycles. The molecule has 1 unspecified atom stereocenters. The van der Waals surface area contributed by atoms with Crippen molar-refractivity contribution in [2.75, 3.05) is 45.8 Å². The van der Waals surface area contributed by atoms with Crippen molar-refractivity contribution in [3.63, 3.8) is 0 Å².